The van der Waals surface area contributed by atoms with Gasteiger partial charge in [-0.2, -0.15) is 0 Å². The molecule has 0 radical (unpaired) electrons. The maximum atomic E-state index is 10.0. The molecule has 2 nitrogen and oxygen atoms in total. The fraction of sp³-hybridized carbons (Fsp3) is 0.412. The van der Waals surface area contributed by atoms with Crippen LogP contribution in [0.1, 0.15) is 32.3 Å². The minimum Gasteiger partial charge on any atom is -0.508 e. The van der Waals surface area contributed by atoms with Crippen molar-refractivity contribution in [3.8, 4) is 5.75 Å². The van der Waals surface area contributed by atoms with Gasteiger partial charge in [-0.15, -0.1) is 13.2 Å². The van der Waals surface area contributed by atoms with Gasteiger partial charge in [-0.3, -0.25) is 0 Å². The first-order chi connectivity index (χ1) is 8.91. The predicted molar refractivity (Wildman–Crippen MR) is 80.4 cm³/mol. The van der Waals surface area contributed by atoms with Crippen LogP contribution in [-0.4, -0.2) is 17.8 Å². The molecule has 0 aliphatic heterocycles. The van der Waals surface area contributed by atoms with Crippen molar-refractivity contribution in [1.29, 1.82) is 0 Å². The summed E-state index contributed by atoms with van der Waals surface area (Å²) in [6.07, 6.45) is 3.51. The van der Waals surface area contributed by atoms with Crippen LogP contribution < -0.4 is 0 Å². The number of hydrogen-bond donors (Lipinski definition) is 1. The van der Waals surface area contributed by atoms with Gasteiger partial charge in [0.2, 0.25) is 0 Å². The molecule has 0 aliphatic rings. The molecule has 2 unspecified atom stereocenters. The molecule has 0 amide bonds. The van der Waals surface area contributed by atoms with Crippen LogP contribution in [0.4, 0.5) is 0 Å². The summed E-state index contributed by atoms with van der Waals surface area (Å²) < 4.78 is 5.92. The van der Waals surface area contributed by atoms with Gasteiger partial charge in [0.1, 0.15) is 5.75 Å². The van der Waals surface area contributed by atoms with Crippen LogP contribution in [0.15, 0.2) is 49.6 Å². The van der Waals surface area contributed by atoms with Crippen LogP contribution in [0.3, 0.4) is 0 Å². The molecule has 0 fully saturated rings. The number of benzene rings is 1. The Kier molecular flexibility index (Phi) is 5.37. The Hall–Kier alpha value is -1.54. The minimum absolute atomic E-state index is 0.0545. The van der Waals surface area contributed by atoms with Gasteiger partial charge in [0.25, 0.3) is 0 Å². The van der Waals surface area contributed by atoms with E-state index in [9.17, 15) is 5.11 Å². The Labute approximate surface area is 116 Å². The predicted octanol–water partition coefficient (Wildman–Crippen LogP) is 4.28. The second kappa shape index (κ2) is 6.58. The van der Waals surface area contributed by atoms with Gasteiger partial charge in [0, 0.05) is 11.5 Å². The van der Waals surface area contributed by atoms with E-state index in [0.717, 1.165) is 5.56 Å². The summed E-state index contributed by atoms with van der Waals surface area (Å²) in [4.78, 5) is 0. The van der Waals surface area contributed by atoms with E-state index in [1.165, 1.54) is 0 Å². The van der Waals surface area contributed by atoms with Gasteiger partial charge in [-0.25, -0.2) is 0 Å². The first kappa shape index (κ1) is 15.5. The first-order valence-electron chi connectivity index (χ1n) is 6.54. The third-order valence-electron chi connectivity index (χ3n) is 3.12. The van der Waals surface area contributed by atoms with E-state index in [2.05, 4.69) is 33.9 Å². The molecule has 104 valence electrons. The molecule has 0 bridgehead atoms. The Morgan fingerprint density at radius 3 is 2.37 bits per heavy atom. The zero-order chi connectivity index (χ0) is 14.5. The number of para-hydroxylation sites is 1. The van der Waals surface area contributed by atoms with Gasteiger partial charge in [0.05, 0.1) is 12.7 Å². The molecular weight excluding hydrogens is 236 g/mol. The number of phenols is 1. The molecule has 0 aliphatic carbocycles. The van der Waals surface area contributed by atoms with Crippen molar-refractivity contribution in [3.05, 3.63) is 55.1 Å². The summed E-state index contributed by atoms with van der Waals surface area (Å²) in [7, 11) is 0. The highest BCUT2D eigenvalue weighted by Crippen LogP contribution is 2.38. The maximum Gasteiger partial charge on any atom is 0.119 e. The quantitative estimate of drug-likeness (QED) is 0.774. The first-order valence-corrected chi connectivity index (χ1v) is 6.54. The van der Waals surface area contributed by atoms with Gasteiger partial charge < -0.3 is 9.84 Å². The highest BCUT2D eigenvalue weighted by molar-refractivity contribution is 5.38. The number of aromatic hydroxyl groups is 1. The summed E-state index contributed by atoms with van der Waals surface area (Å²) in [6.45, 7) is 14.4. The normalized spacial score (nSPS) is 14.7. The summed E-state index contributed by atoms with van der Waals surface area (Å²) in [5.74, 6) is 0.227. The molecule has 2 atom stereocenters. The van der Waals surface area contributed by atoms with Crippen LogP contribution in [0, 0.1) is 5.41 Å². The lowest BCUT2D eigenvalue weighted by Gasteiger charge is -2.36. The molecule has 1 N–H and O–H groups in total. The molecular formula is C17H24O2. The monoisotopic (exact) mass is 260 g/mol. The molecule has 1 rings (SSSR count). The van der Waals surface area contributed by atoms with Gasteiger partial charge in [-0.1, -0.05) is 51.1 Å². The standard InChI is InChI=1S/C17H24O2/c1-6-12-19-16(17(3,4)5)13(7-2)14-10-8-9-11-15(14)18/h6-11,13,16,18H,1-2,12H2,3-5H3. The van der Waals surface area contributed by atoms with Crippen molar-refractivity contribution < 1.29 is 9.84 Å². The molecule has 1 aromatic carbocycles. The third kappa shape index (κ3) is 3.97. The Morgan fingerprint density at radius 2 is 1.89 bits per heavy atom. The van der Waals surface area contributed by atoms with Crippen molar-refractivity contribution >= 4 is 0 Å². The van der Waals surface area contributed by atoms with E-state index in [4.69, 9.17) is 4.74 Å². The average molecular weight is 260 g/mol. The van der Waals surface area contributed by atoms with Crippen molar-refractivity contribution in [1.82, 2.24) is 0 Å². The molecule has 0 spiro atoms. The van der Waals surface area contributed by atoms with E-state index in [1.807, 2.05) is 24.3 Å². The van der Waals surface area contributed by atoms with Crippen molar-refractivity contribution in [2.75, 3.05) is 6.61 Å². The van der Waals surface area contributed by atoms with E-state index < -0.39 is 0 Å². The van der Waals surface area contributed by atoms with Crippen molar-refractivity contribution in [3.63, 3.8) is 0 Å². The molecule has 1 aromatic rings. The number of hydrogen-bond acceptors (Lipinski definition) is 2. The molecule has 2 heteroatoms. The summed E-state index contributed by atoms with van der Waals surface area (Å²) >= 11 is 0. The lowest BCUT2D eigenvalue weighted by Crippen LogP contribution is -2.34. The Morgan fingerprint density at radius 1 is 1.26 bits per heavy atom. The van der Waals surface area contributed by atoms with Crippen LogP contribution in [0.5, 0.6) is 5.75 Å². The number of rotatable bonds is 6. The Bertz CT molecular complexity index is 429. The summed E-state index contributed by atoms with van der Waals surface area (Å²) in [5, 5.41) is 10.0. The molecule has 0 heterocycles. The summed E-state index contributed by atoms with van der Waals surface area (Å²) in [6, 6.07) is 7.34. The topological polar surface area (TPSA) is 29.5 Å². The SMILES string of the molecule is C=CCOC(C(C=C)c1ccccc1O)C(C)(C)C. The summed E-state index contributed by atoms with van der Waals surface area (Å²) in [5.41, 5.74) is 0.783. The second-order valence-corrected chi connectivity index (χ2v) is 5.73. The van der Waals surface area contributed by atoms with Crippen LogP contribution in [0.2, 0.25) is 0 Å². The zero-order valence-corrected chi connectivity index (χ0v) is 12.1. The van der Waals surface area contributed by atoms with Gasteiger partial charge in [0.15, 0.2) is 0 Å². The highest BCUT2D eigenvalue weighted by atomic mass is 16.5. The zero-order valence-electron chi connectivity index (χ0n) is 12.1. The van der Waals surface area contributed by atoms with Crippen LogP contribution in [0.25, 0.3) is 0 Å². The van der Waals surface area contributed by atoms with E-state index in [0.29, 0.717) is 6.61 Å². The lowest BCUT2D eigenvalue weighted by molar-refractivity contribution is -0.0128. The number of phenolic OH excluding ortho intramolecular Hbond substituents is 1. The smallest absolute Gasteiger partial charge is 0.119 e. The molecule has 19 heavy (non-hydrogen) atoms. The second-order valence-electron chi connectivity index (χ2n) is 5.73. The maximum absolute atomic E-state index is 10.0. The minimum atomic E-state index is -0.0729. The van der Waals surface area contributed by atoms with E-state index in [-0.39, 0.29) is 23.2 Å². The van der Waals surface area contributed by atoms with Crippen LogP contribution in [-0.2, 0) is 4.74 Å². The largest absolute Gasteiger partial charge is 0.508 e. The van der Waals surface area contributed by atoms with E-state index >= 15 is 0 Å². The molecule has 0 aromatic heterocycles. The number of ether oxygens (including phenoxy) is 1. The molecule has 0 saturated heterocycles. The Balaban J connectivity index is 3.13. The van der Waals surface area contributed by atoms with Gasteiger partial charge >= 0.3 is 0 Å². The van der Waals surface area contributed by atoms with E-state index in [1.54, 1.807) is 12.1 Å². The average Bonchev–Trinajstić information content (AvgIpc) is 2.34. The van der Waals surface area contributed by atoms with Crippen LogP contribution >= 0.6 is 0 Å². The fourth-order valence-electron chi connectivity index (χ4n) is 2.25. The fourth-order valence-corrected chi connectivity index (χ4v) is 2.25. The van der Waals surface area contributed by atoms with Crippen molar-refractivity contribution in [2.24, 2.45) is 5.41 Å². The molecule has 0 saturated carbocycles. The highest BCUT2D eigenvalue weighted by Gasteiger charge is 2.33. The van der Waals surface area contributed by atoms with Crippen molar-refractivity contribution in [2.45, 2.75) is 32.8 Å². The lowest BCUT2D eigenvalue weighted by atomic mass is 9.78. The third-order valence-corrected chi connectivity index (χ3v) is 3.12. The van der Waals surface area contributed by atoms with Gasteiger partial charge in [-0.05, 0) is 11.5 Å².